The number of nitrogens with zero attached hydrogens (tertiary/aromatic N) is 2. The molecule has 0 spiro atoms. The van der Waals surface area contributed by atoms with E-state index >= 15 is 0 Å². The van der Waals surface area contributed by atoms with Crippen molar-refractivity contribution in [1.82, 2.24) is 9.80 Å². The van der Waals surface area contributed by atoms with E-state index in [4.69, 9.17) is 10.2 Å². The van der Waals surface area contributed by atoms with E-state index in [-0.39, 0.29) is 24.4 Å². The van der Waals surface area contributed by atoms with Gasteiger partial charge in [-0.25, -0.2) is 0 Å². The van der Waals surface area contributed by atoms with Crippen molar-refractivity contribution in [3.63, 3.8) is 0 Å². The Hall–Kier alpha value is -1.56. The van der Waals surface area contributed by atoms with Crippen LogP contribution < -0.4 is 5.73 Å². The highest BCUT2D eigenvalue weighted by Crippen LogP contribution is 2.38. The van der Waals surface area contributed by atoms with Gasteiger partial charge in [-0.3, -0.25) is 4.79 Å². The second kappa shape index (κ2) is 6.98. The molecule has 3 unspecified atom stereocenters. The first-order valence-electron chi connectivity index (χ1n) is 8.74. The summed E-state index contributed by atoms with van der Waals surface area (Å²) in [5.41, 5.74) is 7.98. The van der Waals surface area contributed by atoms with Crippen LogP contribution >= 0.6 is 12.4 Å². The Morgan fingerprint density at radius 1 is 1.28 bits per heavy atom. The molecule has 6 heteroatoms. The summed E-state index contributed by atoms with van der Waals surface area (Å²) in [7, 11) is 4.02. The van der Waals surface area contributed by atoms with Crippen LogP contribution in [0.15, 0.2) is 28.7 Å². The Bertz CT molecular complexity index is 773. The Balaban J connectivity index is 0.00000182. The molecule has 2 heterocycles. The van der Waals surface area contributed by atoms with Crippen molar-refractivity contribution in [1.29, 1.82) is 0 Å². The van der Waals surface area contributed by atoms with Crippen molar-refractivity contribution in [2.45, 2.75) is 25.4 Å². The first-order valence-corrected chi connectivity index (χ1v) is 8.74. The molecule has 0 bridgehead atoms. The zero-order valence-electron chi connectivity index (χ0n) is 14.8. The van der Waals surface area contributed by atoms with E-state index in [2.05, 4.69) is 4.90 Å². The Kier molecular flexibility index (Phi) is 5.09. The molecule has 1 aromatic carbocycles. The van der Waals surface area contributed by atoms with Crippen LogP contribution in [0, 0.1) is 11.8 Å². The lowest BCUT2D eigenvalue weighted by molar-refractivity contribution is 0.0748. The van der Waals surface area contributed by atoms with Crippen molar-refractivity contribution < 1.29 is 9.21 Å². The van der Waals surface area contributed by atoms with Crippen LogP contribution in [0.4, 0.5) is 0 Å². The molecule has 1 aromatic heterocycles. The second-order valence-electron chi connectivity index (χ2n) is 7.52. The summed E-state index contributed by atoms with van der Waals surface area (Å²) in [6.45, 7) is 2.27. The third-order valence-electron chi connectivity index (χ3n) is 5.57. The second-order valence-corrected chi connectivity index (χ2v) is 7.52. The van der Waals surface area contributed by atoms with Gasteiger partial charge in [0, 0.05) is 36.6 Å². The smallest absolute Gasteiger partial charge is 0.289 e. The van der Waals surface area contributed by atoms with Crippen LogP contribution in [0.3, 0.4) is 0 Å². The van der Waals surface area contributed by atoms with Gasteiger partial charge in [-0.15, -0.1) is 12.4 Å². The molecule has 0 radical (unpaired) electrons. The minimum Gasteiger partial charge on any atom is -0.451 e. The van der Waals surface area contributed by atoms with Crippen molar-refractivity contribution in [2.75, 3.05) is 27.2 Å². The van der Waals surface area contributed by atoms with Crippen LogP contribution in [0.2, 0.25) is 0 Å². The monoisotopic (exact) mass is 363 g/mol. The molecule has 2 aliphatic rings. The molecule has 1 saturated heterocycles. The molecule has 1 aliphatic carbocycles. The zero-order valence-corrected chi connectivity index (χ0v) is 15.6. The van der Waals surface area contributed by atoms with Crippen molar-refractivity contribution >= 4 is 29.3 Å². The highest BCUT2D eigenvalue weighted by molar-refractivity contribution is 5.99. The van der Waals surface area contributed by atoms with E-state index in [0.717, 1.165) is 42.5 Å². The molecular weight excluding hydrogens is 338 g/mol. The Morgan fingerprint density at radius 2 is 2.04 bits per heavy atom. The fourth-order valence-electron chi connectivity index (χ4n) is 4.36. The number of carbonyl (C=O) groups excluding carboxylic acids is 1. The standard InChI is InChI=1S/C19H25N3O2.ClH/c1-21(2)10-15-13-5-3-4-6-17(13)24-18(15)19(23)22-9-12-7-8-16(20)14(12)11-22;/h3-6,12,14,16H,7-11,20H2,1-2H3;1H. The van der Waals surface area contributed by atoms with Crippen molar-refractivity contribution in [2.24, 2.45) is 17.6 Å². The van der Waals surface area contributed by atoms with E-state index in [1.54, 1.807) is 0 Å². The zero-order chi connectivity index (χ0) is 16.8. The first-order chi connectivity index (χ1) is 11.5. The minimum atomic E-state index is 0. The van der Waals surface area contributed by atoms with Crippen molar-refractivity contribution in [3.05, 3.63) is 35.6 Å². The maximum Gasteiger partial charge on any atom is 0.289 e. The molecule has 1 saturated carbocycles. The summed E-state index contributed by atoms with van der Waals surface area (Å²) in [5.74, 6) is 1.53. The average Bonchev–Trinajstić information content (AvgIpc) is 3.22. The SMILES string of the molecule is CN(C)Cc1c(C(=O)N2CC3CCC(N)C3C2)oc2ccccc12.Cl. The van der Waals surface area contributed by atoms with E-state index in [1.807, 2.05) is 43.3 Å². The van der Waals surface area contributed by atoms with Gasteiger partial charge in [0.2, 0.25) is 0 Å². The van der Waals surface area contributed by atoms with Gasteiger partial charge in [0.25, 0.3) is 5.91 Å². The summed E-state index contributed by atoms with van der Waals surface area (Å²) in [6.07, 6.45) is 2.23. The Morgan fingerprint density at radius 3 is 2.76 bits per heavy atom. The number of fused-ring (bicyclic) bond motifs is 2. The lowest BCUT2D eigenvalue weighted by atomic mass is 9.98. The molecule has 136 valence electrons. The fourth-order valence-corrected chi connectivity index (χ4v) is 4.36. The number of likely N-dealkylation sites (tertiary alicyclic amines) is 1. The average molecular weight is 364 g/mol. The minimum absolute atomic E-state index is 0. The van der Waals surface area contributed by atoms with Gasteiger partial charge in [-0.05, 0) is 44.8 Å². The molecule has 1 amide bonds. The van der Waals surface area contributed by atoms with Gasteiger partial charge in [0.15, 0.2) is 5.76 Å². The van der Waals surface area contributed by atoms with Crippen molar-refractivity contribution in [3.8, 4) is 0 Å². The quantitative estimate of drug-likeness (QED) is 0.910. The molecule has 4 rings (SSSR count). The Labute approximate surface area is 154 Å². The summed E-state index contributed by atoms with van der Waals surface area (Å²) in [6, 6.07) is 8.14. The van der Waals surface area contributed by atoms with E-state index in [1.165, 1.54) is 0 Å². The topological polar surface area (TPSA) is 62.7 Å². The molecule has 5 nitrogen and oxygen atoms in total. The molecular formula is C19H26ClN3O2. The van der Waals surface area contributed by atoms with E-state index in [9.17, 15) is 4.79 Å². The number of carbonyl (C=O) groups is 1. The normalized spacial score (nSPS) is 25.4. The number of amides is 1. The molecule has 1 aliphatic heterocycles. The molecule has 25 heavy (non-hydrogen) atoms. The molecule has 2 fully saturated rings. The lowest BCUT2D eigenvalue weighted by Crippen LogP contribution is -2.33. The molecule has 2 aromatic rings. The van der Waals surface area contributed by atoms with Crippen LogP contribution in [0.25, 0.3) is 11.0 Å². The number of rotatable bonds is 3. The van der Waals surface area contributed by atoms with E-state index in [0.29, 0.717) is 24.1 Å². The van der Waals surface area contributed by atoms with Crippen LogP contribution in [-0.2, 0) is 6.54 Å². The van der Waals surface area contributed by atoms with Gasteiger partial charge < -0.3 is 20.0 Å². The molecule has 2 N–H and O–H groups in total. The van der Waals surface area contributed by atoms with Gasteiger partial charge in [-0.2, -0.15) is 0 Å². The highest BCUT2D eigenvalue weighted by atomic mass is 35.5. The number of benzene rings is 1. The fraction of sp³-hybridized carbons (Fsp3) is 0.526. The first kappa shape index (κ1) is 18.2. The van der Waals surface area contributed by atoms with Crippen LogP contribution in [0.5, 0.6) is 0 Å². The maximum atomic E-state index is 13.1. The summed E-state index contributed by atoms with van der Waals surface area (Å²) >= 11 is 0. The number of hydrogen-bond acceptors (Lipinski definition) is 4. The number of furan rings is 1. The third kappa shape index (κ3) is 3.16. The largest absolute Gasteiger partial charge is 0.451 e. The van der Waals surface area contributed by atoms with Gasteiger partial charge in [0.05, 0.1) is 0 Å². The number of hydrogen-bond donors (Lipinski definition) is 1. The number of para-hydroxylation sites is 1. The summed E-state index contributed by atoms with van der Waals surface area (Å²) < 4.78 is 5.97. The summed E-state index contributed by atoms with van der Waals surface area (Å²) in [5, 5.41) is 1.03. The van der Waals surface area contributed by atoms with Crippen LogP contribution in [-0.4, -0.2) is 48.9 Å². The third-order valence-corrected chi connectivity index (χ3v) is 5.57. The highest BCUT2D eigenvalue weighted by Gasteiger charge is 2.43. The van der Waals surface area contributed by atoms with Gasteiger partial charge in [0.1, 0.15) is 5.58 Å². The van der Waals surface area contributed by atoms with E-state index < -0.39 is 0 Å². The van der Waals surface area contributed by atoms with Crippen LogP contribution in [0.1, 0.15) is 29.0 Å². The predicted octanol–water partition coefficient (Wildman–Crippen LogP) is 2.73. The number of halogens is 1. The van der Waals surface area contributed by atoms with Gasteiger partial charge in [-0.1, -0.05) is 18.2 Å². The maximum absolute atomic E-state index is 13.1. The van der Waals surface area contributed by atoms with Gasteiger partial charge >= 0.3 is 0 Å². The number of nitrogens with two attached hydrogens (primary N) is 1. The molecule has 3 atom stereocenters. The predicted molar refractivity (Wildman–Crippen MR) is 101 cm³/mol. The summed E-state index contributed by atoms with van der Waals surface area (Å²) in [4.78, 5) is 17.2. The lowest BCUT2D eigenvalue weighted by Gasteiger charge is -2.19.